The van der Waals surface area contributed by atoms with Crippen molar-refractivity contribution in [3.8, 4) is 0 Å². The van der Waals surface area contributed by atoms with Gasteiger partial charge in [0.15, 0.2) is 0 Å². The van der Waals surface area contributed by atoms with Crippen LogP contribution in [0.15, 0.2) is 30.5 Å². The van der Waals surface area contributed by atoms with Crippen LogP contribution in [0.25, 0.3) is 11.0 Å². The lowest BCUT2D eigenvalue weighted by molar-refractivity contribution is -0.0233. The monoisotopic (exact) mass is 299 g/mol. The number of aromatic nitrogens is 2. The highest BCUT2D eigenvalue weighted by molar-refractivity contribution is 5.93. The molecule has 22 heavy (non-hydrogen) atoms. The SMILES string of the molecule is CC(C)C1CC(NC(=O)c2cnc3ccccc3n2)CCO1. The lowest BCUT2D eigenvalue weighted by Crippen LogP contribution is -2.43. The van der Waals surface area contributed by atoms with Crippen LogP contribution in [-0.4, -0.2) is 34.6 Å². The van der Waals surface area contributed by atoms with Crippen molar-refractivity contribution in [2.24, 2.45) is 5.92 Å². The number of carbonyl (C=O) groups is 1. The van der Waals surface area contributed by atoms with Crippen LogP contribution in [0.1, 0.15) is 37.2 Å². The summed E-state index contributed by atoms with van der Waals surface area (Å²) >= 11 is 0. The minimum Gasteiger partial charge on any atom is -0.378 e. The second-order valence-corrected chi connectivity index (χ2v) is 6.09. The molecule has 1 fully saturated rings. The van der Waals surface area contributed by atoms with Crippen LogP contribution >= 0.6 is 0 Å². The number of rotatable bonds is 3. The van der Waals surface area contributed by atoms with Crippen molar-refractivity contribution in [3.63, 3.8) is 0 Å². The first-order valence-electron chi connectivity index (χ1n) is 7.78. The Labute approximate surface area is 130 Å². The second-order valence-electron chi connectivity index (χ2n) is 6.09. The Morgan fingerprint density at radius 1 is 1.32 bits per heavy atom. The summed E-state index contributed by atoms with van der Waals surface area (Å²) in [6.07, 6.45) is 3.44. The predicted molar refractivity (Wildman–Crippen MR) is 84.6 cm³/mol. The Morgan fingerprint density at radius 2 is 2.09 bits per heavy atom. The Hall–Kier alpha value is -2.01. The lowest BCUT2D eigenvalue weighted by atomic mass is 9.95. The number of nitrogens with zero attached hydrogens (tertiary/aromatic N) is 2. The van der Waals surface area contributed by atoms with Gasteiger partial charge in [0.1, 0.15) is 5.69 Å². The van der Waals surface area contributed by atoms with Gasteiger partial charge in [0.25, 0.3) is 5.91 Å². The molecule has 2 heterocycles. The smallest absolute Gasteiger partial charge is 0.271 e. The van der Waals surface area contributed by atoms with E-state index in [-0.39, 0.29) is 18.1 Å². The third-order valence-electron chi connectivity index (χ3n) is 4.08. The lowest BCUT2D eigenvalue weighted by Gasteiger charge is -2.32. The van der Waals surface area contributed by atoms with Crippen LogP contribution in [0.5, 0.6) is 0 Å². The van der Waals surface area contributed by atoms with Gasteiger partial charge in [-0.05, 0) is 30.9 Å². The molecule has 2 atom stereocenters. The van der Waals surface area contributed by atoms with Crippen LogP contribution in [-0.2, 0) is 4.74 Å². The Morgan fingerprint density at radius 3 is 2.86 bits per heavy atom. The van der Waals surface area contributed by atoms with Crippen molar-refractivity contribution in [1.82, 2.24) is 15.3 Å². The van der Waals surface area contributed by atoms with Gasteiger partial charge in [-0.2, -0.15) is 0 Å². The molecule has 116 valence electrons. The molecule has 1 aromatic carbocycles. The molecular formula is C17H21N3O2. The number of hydrogen-bond donors (Lipinski definition) is 1. The summed E-state index contributed by atoms with van der Waals surface area (Å²) in [6.45, 7) is 4.98. The van der Waals surface area contributed by atoms with Crippen LogP contribution in [0.2, 0.25) is 0 Å². The van der Waals surface area contributed by atoms with E-state index in [0.29, 0.717) is 18.2 Å². The van der Waals surface area contributed by atoms with Crippen molar-refractivity contribution in [2.45, 2.75) is 38.8 Å². The number of benzene rings is 1. The first-order valence-corrected chi connectivity index (χ1v) is 7.78. The van der Waals surface area contributed by atoms with E-state index in [1.165, 1.54) is 6.20 Å². The summed E-state index contributed by atoms with van der Waals surface area (Å²) in [7, 11) is 0. The van der Waals surface area contributed by atoms with Crippen molar-refractivity contribution >= 4 is 16.9 Å². The molecule has 2 aromatic rings. The largest absolute Gasteiger partial charge is 0.378 e. The van der Waals surface area contributed by atoms with Crippen LogP contribution in [0.3, 0.4) is 0 Å². The van der Waals surface area contributed by atoms with Gasteiger partial charge in [0.2, 0.25) is 0 Å². The molecule has 1 saturated heterocycles. The highest BCUT2D eigenvalue weighted by atomic mass is 16.5. The standard InChI is InChI=1S/C17H21N3O2/c1-11(2)16-9-12(7-8-22-16)19-17(21)15-10-18-13-5-3-4-6-14(13)20-15/h3-6,10-12,16H,7-9H2,1-2H3,(H,19,21). The highest BCUT2D eigenvalue weighted by Crippen LogP contribution is 2.20. The van der Waals surface area contributed by atoms with Crippen LogP contribution in [0, 0.1) is 5.92 Å². The summed E-state index contributed by atoms with van der Waals surface area (Å²) in [5, 5.41) is 3.06. The van der Waals surface area contributed by atoms with Crippen molar-refractivity contribution in [3.05, 3.63) is 36.2 Å². The molecule has 5 heteroatoms. The summed E-state index contributed by atoms with van der Waals surface area (Å²) < 4.78 is 5.74. The third-order valence-corrected chi connectivity index (χ3v) is 4.08. The molecule has 1 aromatic heterocycles. The van der Waals surface area contributed by atoms with Gasteiger partial charge < -0.3 is 10.1 Å². The van der Waals surface area contributed by atoms with Crippen LogP contribution in [0.4, 0.5) is 0 Å². The molecule has 2 unspecified atom stereocenters. The minimum atomic E-state index is -0.160. The fourth-order valence-corrected chi connectivity index (χ4v) is 2.75. The van der Waals surface area contributed by atoms with Crippen molar-refractivity contribution in [2.75, 3.05) is 6.61 Å². The molecule has 0 aliphatic carbocycles. The molecule has 0 spiro atoms. The maximum Gasteiger partial charge on any atom is 0.271 e. The van der Waals surface area contributed by atoms with E-state index in [0.717, 1.165) is 23.9 Å². The Balaban J connectivity index is 1.70. The molecule has 3 rings (SSSR count). The normalized spacial score (nSPS) is 22.0. The second kappa shape index (κ2) is 6.40. The van der Waals surface area contributed by atoms with E-state index >= 15 is 0 Å². The number of para-hydroxylation sites is 2. The number of nitrogens with one attached hydrogen (secondary N) is 1. The summed E-state index contributed by atoms with van der Waals surface area (Å²) in [4.78, 5) is 21.1. The number of carbonyl (C=O) groups excluding carboxylic acids is 1. The fraction of sp³-hybridized carbons (Fsp3) is 0.471. The van der Waals surface area contributed by atoms with Gasteiger partial charge >= 0.3 is 0 Å². The third kappa shape index (κ3) is 3.25. The van der Waals surface area contributed by atoms with E-state index < -0.39 is 0 Å². The molecule has 1 N–H and O–H groups in total. The summed E-state index contributed by atoms with van der Waals surface area (Å²) in [5.74, 6) is 0.299. The number of fused-ring (bicyclic) bond motifs is 1. The maximum atomic E-state index is 12.4. The summed E-state index contributed by atoms with van der Waals surface area (Å²) in [5.41, 5.74) is 1.90. The maximum absolute atomic E-state index is 12.4. The molecular weight excluding hydrogens is 278 g/mol. The molecule has 0 bridgehead atoms. The Kier molecular flexibility index (Phi) is 4.34. The zero-order valence-electron chi connectivity index (χ0n) is 13.0. The molecule has 1 aliphatic rings. The molecule has 1 amide bonds. The van der Waals surface area contributed by atoms with E-state index in [1.54, 1.807) is 0 Å². The van der Waals surface area contributed by atoms with Gasteiger partial charge in [-0.15, -0.1) is 0 Å². The van der Waals surface area contributed by atoms with Crippen molar-refractivity contribution in [1.29, 1.82) is 0 Å². The van der Waals surface area contributed by atoms with Gasteiger partial charge in [-0.25, -0.2) is 4.98 Å². The molecule has 5 nitrogen and oxygen atoms in total. The molecule has 1 aliphatic heterocycles. The highest BCUT2D eigenvalue weighted by Gasteiger charge is 2.26. The topological polar surface area (TPSA) is 64.1 Å². The zero-order valence-corrected chi connectivity index (χ0v) is 13.0. The van der Waals surface area contributed by atoms with Gasteiger partial charge in [-0.3, -0.25) is 9.78 Å². The quantitative estimate of drug-likeness (QED) is 0.946. The number of ether oxygens (including phenoxy) is 1. The molecule has 0 saturated carbocycles. The first-order chi connectivity index (χ1) is 10.6. The minimum absolute atomic E-state index is 0.141. The molecule has 0 radical (unpaired) electrons. The van der Waals surface area contributed by atoms with Crippen LogP contribution < -0.4 is 5.32 Å². The predicted octanol–water partition coefficient (Wildman–Crippen LogP) is 2.56. The van der Waals surface area contributed by atoms with Gasteiger partial charge in [-0.1, -0.05) is 26.0 Å². The van der Waals surface area contributed by atoms with Crippen molar-refractivity contribution < 1.29 is 9.53 Å². The zero-order chi connectivity index (χ0) is 15.5. The van der Waals surface area contributed by atoms with E-state index in [9.17, 15) is 4.79 Å². The fourth-order valence-electron chi connectivity index (χ4n) is 2.75. The van der Waals surface area contributed by atoms with E-state index in [2.05, 4.69) is 29.1 Å². The van der Waals surface area contributed by atoms with E-state index in [4.69, 9.17) is 4.74 Å². The van der Waals surface area contributed by atoms with Gasteiger partial charge in [0, 0.05) is 12.6 Å². The summed E-state index contributed by atoms with van der Waals surface area (Å²) in [6, 6.07) is 7.69. The average molecular weight is 299 g/mol. The van der Waals surface area contributed by atoms with Gasteiger partial charge in [0.05, 0.1) is 23.3 Å². The van der Waals surface area contributed by atoms with E-state index in [1.807, 2.05) is 24.3 Å². The number of amides is 1. The first kappa shape index (κ1) is 14.9. The number of hydrogen-bond acceptors (Lipinski definition) is 4. The average Bonchev–Trinajstić information content (AvgIpc) is 2.54. The Bertz CT molecular complexity index is 672.